The highest BCUT2D eigenvalue weighted by molar-refractivity contribution is 14.0. The Labute approximate surface area is 171 Å². The maximum Gasteiger partial charge on any atom is 0.191 e. The summed E-state index contributed by atoms with van der Waals surface area (Å²) in [6.07, 6.45) is 1.75. The predicted octanol–water partition coefficient (Wildman–Crippen LogP) is 4.40. The third-order valence-electron chi connectivity index (χ3n) is 3.69. The minimum absolute atomic E-state index is 0. The Bertz CT molecular complexity index is 658. The molecule has 2 aromatic rings. The van der Waals surface area contributed by atoms with Crippen LogP contribution in [0.4, 0.5) is 0 Å². The number of rotatable bonds is 8. The van der Waals surface area contributed by atoms with Crippen molar-refractivity contribution in [2.75, 3.05) is 20.2 Å². The van der Waals surface area contributed by atoms with E-state index in [1.54, 1.807) is 24.5 Å². The van der Waals surface area contributed by atoms with Gasteiger partial charge in [-0.3, -0.25) is 4.99 Å². The van der Waals surface area contributed by atoms with Gasteiger partial charge in [0.25, 0.3) is 0 Å². The Kier molecular flexibility index (Phi) is 10.3. The Morgan fingerprint density at radius 3 is 2.80 bits per heavy atom. The number of para-hydroxylation sites is 1. The molecule has 0 saturated carbocycles. The first-order valence-electron chi connectivity index (χ1n) is 8.02. The molecule has 0 aliphatic heterocycles. The van der Waals surface area contributed by atoms with E-state index >= 15 is 0 Å². The van der Waals surface area contributed by atoms with E-state index in [4.69, 9.17) is 4.74 Å². The topological polar surface area (TPSA) is 45.6 Å². The molecular formula is C19H26IN3OS. The van der Waals surface area contributed by atoms with Gasteiger partial charge in [-0.1, -0.05) is 37.8 Å². The van der Waals surface area contributed by atoms with Gasteiger partial charge in [-0.25, -0.2) is 0 Å². The van der Waals surface area contributed by atoms with Gasteiger partial charge < -0.3 is 15.4 Å². The molecular weight excluding hydrogens is 445 g/mol. The lowest BCUT2D eigenvalue weighted by atomic mass is 10.1. The fourth-order valence-electron chi connectivity index (χ4n) is 2.26. The maximum atomic E-state index is 5.68. The number of hydrogen-bond donors (Lipinski definition) is 2. The molecule has 136 valence electrons. The maximum absolute atomic E-state index is 5.68. The molecule has 0 spiro atoms. The van der Waals surface area contributed by atoms with Crippen molar-refractivity contribution in [2.45, 2.75) is 19.4 Å². The molecule has 1 atom stereocenters. The van der Waals surface area contributed by atoms with Crippen LogP contribution in [0.2, 0.25) is 0 Å². The van der Waals surface area contributed by atoms with Crippen molar-refractivity contribution in [1.29, 1.82) is 0 Å². The summed E-state index contributed by atoms with van der Waals surface area (Å²) in [5, 5.41) is 11.0. The van der Waals surface area contributed by atoms with Gasteiger partial charge in [-0.2, -0.15) is 11.3 Å². The molecule has 1 unspecified atom stereocenters. The van der Waals surface area contributed by atoms with Gasteiger partial charge in [0.2, 0.25) is 0 Å². The van der Waals surface area contributed by atoms with Gasteiger partial charge in [0.05, 0.1) is 0 Å². The standard InChI is InChI=1S/C19H25N3OS.HI/c1-4-10-23-18-8-6-5-7-16(18)13-22-19(20-3)21-12-15(2)17-9-11-24-14-17;/h4-9,11,14-15H,1,10,12-13H2,2-3H3,(H2,20,21,22);1H. The third-order valence-corrected chi connectivity index (χ3v) is 4.39. The van der Waals surface area contributed by atoms with Crippen molar-refractivity contribution in [3.8, 4) is 5.75 Å². The molecule has 2 rings (SSSR count). The first-order valence-corrected chi connectivity index (χ1v) is 8.97. The number of halogens is 1. The average molecular weight is 471 g/mol. The molecule has 0 aliphatic carbocycles. The molecule has 0 radical (unpaired) electrons. The fourth-order valence-corrected chi connectivity index (χ4v) is 3.04. The summed E-state index contributed by atoms with van der Waals surface area (Å²) >= 11 is 1.73. The predicted molar refractivity (Wildman–Crippen MR) is 118 cm³/mol. The summed E-state index contributed by atoms with van der Waals surface area (Å²) in [6, 6.07) is 10.2. The van der Waals surface area contributed by atoms with Crippen LogP contribution >= 0.6 is 35.3 Å². The third kappa shape index (κ3) is 7.07. The van der Waals surface area contributed by atoms with Gasteiger partial charge in [0.15, 0.2) is 5.96 Å². The SMILES string of the molecule is C=CCOc1ccccc1CNC(=NC)NCC(C)c1ccsc1.I. The highest BCUT2D eigenvalue weighted by atomic mass is 127. The highest BCUT2D eigenvalue weighted by Gasteiger charge is 2.08. The molecule has 2 N–H and O–H groups in total. The molecule has 4 nitrogen and oxygen atoms in total. The van der Waals surface area contributed by atoms with Crippen molar-refractivity contribution >= 4 is 41.3 Å². The van der Waals surface area contributed by atoms with Crippen LogP contribution in [-0.4, -0.2) is 26.2 Å². The van der Waals surface area contributed by atoms with Crippen LogP contribution in [0.15, 0.2) is 58.7 Å². The van der Waals surface area contributed by atoms with E-state index in [0.29, 0.717) is 19.1 Å². The summed E-state index contributed by atoms with van der Waals surface area (Å²) in [5.74, 6) is 2.10. The second-order valence-electron chi connectivity index (χ2n) is 5.47. The molecule has 1 heterocycles. The fraction of sp³-hybridized carbons (Fsp3) is 0.316. The van der Waals surface area contributed by atoms with Crippen LogP contribution in [0.1, 0.15) is 24.0 Å². The molecule has 0 fully saturated rings. The normalized spacial score (nSPS) is 12.0. The van der Waals surface area contributed by atoms with Gasteiger partial charge in [-0.15, -0.1) is 24.0 Å². The molecule has 6 heteroatoms. The monoisotopic (exact) mass is 471 g/mol. The lowest BCUT2D eigenvalue weighted by molar-refractivity contribution is 0.358. The van der Waals surface area contributed by atoms with Crippen LogP contribution < -0.4 is 15.4 Å². The second kappa shape index (κ2) is 11.9. The Morgan fingerprint density at radius 2 is 2.12 bits per heavy atom. The number of guanidine groups is 1. The van der Waals surface area contributed by atoms with Crippen LogP contribution in [0.5, 0.6) is 5.75 Å². The Morgan fingerprint density at radius 1 is 1.32 bits per heavy atom. The number of hydrogen-bond acceptors (Lipinski definition) is 3. The molecule has 25 heavy (non-hydrogen) atoms. The van der Waals surface area contributed by atoms with Gasteiger partial charge in [-0.05, 0) is 34.4 Å². The number of thiophene rings is 1. The smallest absolute Gasteiger partial charge is 0.191 e. The van der Waals surface area contributed by atoms with Crippen molar-refractivity contribution in [2.24, 2.45) is 4.99 Å². The Hall–Kier alpha value is -1.54. The minimum atomic E-state index is 0. The number of ether oxygens (including phenoxy) is 1. The summed E-state index contributed by atoms with van der Waals surface area (Å²) in [7, 11) is 1.78. The summed E-state index contributed by atoms with van der Waals surface area (Å²) in [4.78, 5) is 4.29. The zero-order valence-electron chi connectivity index (χ0n) is 14.7. The zero-order valence-corrected chi connectivity index (χ0v) is 17.8. The summed E-state index contributed by atoms with van der Waals surface area (Å²) in [6.45, 7) is 7.89. The lowest BCUT2D eigenvalue weighted by Crippen LogP contribution is -2.38. The minimum Gasteiger partial charge on any atom is -0.489 e. The molecule has 0 aliphatic rings. The largest absolute Gasteiger partial charge is 0.489 e. The quantitative estimate of drug-likeness (QED) is 0.260. The number of aliphatic imine (C=N–C) groups is 1. The molecule has 0 saturated heterocycles. The zero-order chi connectivity index (χ0) is 17.2. The van der Waals surface area contributed by atoms with Crippen LogP contribution in [-0.2, 0) is 6.54 Å². The molecule has 0 amide bonds. The van der Waals surface area contributed by atoms with Crippen molar-refractivity contribution in [3.05, 3.63) is 64.9 Å². The van der Waals surface area contributed by atoms with E-state index in [2.05, 4.69) is 46.0 Å². The van der Waals surface area contributed by atoms with E-state index < -0.39 is 0 Å². The number of nitrogens with one attached hydrogen (secondary N) is 2. The van der Waals surface area contributed by atoms with Crippen molar-refractivity contribution in [3.63, 3.8) is 0 Å². The summed E-state index contributed by atoms with van der Waals surface area (Å²) in [5.41, 5.74) is 2.44. The first kappa shape index (κ1) is 21.5. The van der Waals surface area contributed by atoms with Crippen molar-refractivity contribution in [1.82, 2.24) is 10.6 Å². The van der Waals surface area contributed by atoms with Gasteiger partial charge in [0.1, 0.15) is 12.4 Å². The summed E-state index contributed by atoms with van der Waals surface area (Å²) < 4.78 is 5.68. The van der Waals surface area contributed by atoms with Gasteiger partial charge in [0, 0.05) is 25.7 Å². The number of benzene rings is 1. The van der Waals surface area contributed by atoms with Crippen LogP contribution in [0.25, 0.3) is 0 Å². The molecule has 1 aromatic heterocycles. The average Bonchev–Trinajstić information content (AvgIpc) is 3.15. The van der Waals surface area contributed by atoms with Crippen LogP contribution in [0, 0.1) is 0 Å². The first-order chi connectivity index (χ1) is 11.7. The van der Waals surface area contributed by atoms with E-state index in [-0.39, 0.29) is 24.0 Å². The molecule has 0 bridgehead atoms. The van der Waals surface area contributed by atoms with E-state index in [9.17, 15) is 0 Å². The van der Waals surface area contributed by atoms with Gasteiger partial charge >= 0.3 is 0 Å². The highest BCUT2D eigenvalue weighted by Crippen LogP contribution is 2.18. The van der Waals surface area contributed by atoms with E-state index in [0.717, 1.165) is 23.8 Å². The second-order valence-corrected chi connectivity index (χ2v) is 6.25. The van der Waals surface area contributed by atoms with E-state index in [1.165, 1.54) is 5.56 Å². The van der Waals surface area contributed by atoms with E-state index in [1.807, 2.05) is 24.3 Å². The van der Waals surface area contributed by atoms with Crippen molar-refractivity contribution < 1.29 is 4.74 Å². The Balaban J connectivity index is 0.00000312. The lowest BCUT2D eigenvalue weighted by Gasteiger charge is -2.16. The number of nitrogens with zero attached hydrogens (tertiary/aromatic N) is 1. The molecule has 1 aromatic carbocycles. The van der Waals surface area contributed by atoms with Crippen LogP contribution in [0.3, 0.4) is 0 Å².